The molecule has 3 nitrogen and oxygen atoms in total. The molecule has 0 N–H and O–H groups in total. The second-order valence-electron chi connectivity index (χ2n) is 5.26. The Morgan fingerprint density at radius 1 is 1.09 bits per heavy atom. The molecule has 0 fully saturated rings. The molecule has 0 bridgehead atoms. The van der Waals surface area contributed by atoms with Crippen molar-refractivity contribution < 1.29 is 26.3 Å². The van der Waals surface area contributed by atoms with Gasteiger partial charge in [0.2, 0.25) is 17.8 Å². The van der Waals surface area contributed by atoms with Crippen LogP contribution in [0.15, 0.2) is 60.8 Å². The Labute approximate surface area is 145 Å². The second-order valence-corrected chi connectivity index (χ2v) is 5.26. The number of Topliss-reactive ketones (excluding diaryl/α,β-unsaturated/α-hetero) is 1. The third-order valence-corrected chi connectivity index (χ3v) is 3.79. The van der Waals surface area contributed by atoms with Crippen molar-refractivity contribution in [2.75, 3.05) is 0 Å². The molecule has 3 aromatic rings. The van der Waals surface area contributed by atoms with E-state index in [1.54, 1.807) is 24.3 Å². The maximum absolute atomic E-state index is 12.4. The maximum atomic E-state index is 12.4. The maximum Gasteiger partial charge on any atom is 0.227 e. The predicted octanol–water partition coefficient (Wildman–Crippen LogP) is 0.194. The van der Waals surface area contributed by atoms with Crippen molar-refractivity contribution in [1.29, 1.82) is 5.26 Å². The summed E-state index contributed by atoms with van der Waals surface area (Å²) in [4.78, 5) is 12.4. The molecule has 1 heterocycles. The largest absolute Gasteiger partial charge is 1.00 e. The first-order valence-electron chi connectivity index (χ1n) is 7.10. The average molecular weight is 367 g/mol. The number of benzene rings is 2. The molecule has 0 atom stereocenters. The Hall–Kier alpha value is -2.51. The number of carbonyl (C=O) groups is 1. The Balaban J connectivity index is 0.00000192. The van der Waals surface area contributed by atoms with Gasteiger partial charge in [-0.3, -0.25) is 4.79 Å². The number of hydrogen-bond acceptors (Lipinski definition) is 2. The Morgan fingerprint density at radius 2 is 1.78 bits per heavy atom. The topological polar surface area (TPSA) is 44.7 Å². The number of halogens is 1. The highest BCUT2D eigenvalue weighted by Gasteiger charge is 2.16. The van der Waals surface area contributed by atoms with Gasteiger partial charge in [-0.1, -0.05) is 12.1 Å². The van der Waals surface area contributed by atoms with E-state index in [1.807, 2.05) is 35.0 Å². The summed E-state index contributed by atoms with van der Waals surface area (Å²) in [5.74, 6) is 0.0310. The van der Waals surface area contributed by atoms with E-state index in [4.69, 9.17) is 5.26 Å². The molecule has 0 saturated heterocycles. The van der Waals surface area contributed by atoms with E-state index in [1.165, 1.54) is 5.56 Å². The van der Waals surface area contributed by atoms with Crippen molar-refractivity contribution in [3.05, 3.63) is 77.5 Å². The summed E-state index contributed by atoms with van der Waals surface area (Å²) in [6.07, 6.45) is 1.94. The van der Waals surface area contributed by atoms with Gasteiger partial charge in [-0.25, -0.2) is 0 Å². The molecule has 23 heavy (non-hydrogen) atoms. The number of hydrogen-bond donors (Lipinski definition) is 0. The SMILES string of the molecule is Cc1cc[n+](CC(=O)c2ccc(C#N)cc2)c2ccccc12.[Br-]. The van der Waals surface area contributed by atoms with Crippen LogP contribution in [0.4, 0.5) is 0 Å². The van der Waals surface area contributed by atoms with E-state index >= 15 is 0 Å². The summed E-state index contributed by atoms with van der Waals surface area (Å²) in [5, 5.41) is 9.96. The summed E-state index contributed by atoms with van der Waals surface area (Å²) in [6.45, 7) is 2.35. The number of aromatic nitrogens is 1. The van der Waals surface area contributed by atoms with Gasteiger partial charge in [-0.05, 0) is 42.8 Å². The molecular formula is C19H15BrN2O. The van der Waals surface area contributed by atoms with E-state index in [9.17, 15) is 4.79 Å². The van der Waals surface area contributed by atoms with Crippen molar-refractivity contribution in [3.63, 3.8) is 0 Å². The third-order valence-electron chi connectivity index (χ3n) is 3.79. The number of aryl methyl sites for hydroxylation is 1. The number of rotatable bonds is 3. The van der Waals surface area contributed by atoms with Crippen molar-refractivity contribution in [2.24, 2.45) is 0 Å². The Kier molecular flexibility index (Phi) is 5.25. The van der Waals surface area contributed by atoms with Crippen LogP contribution < -0.4 is 21.5 Å². The van der Waals surface area contributed by atoms with Crippen molar-refractivity contribution >= 4 is 16.7 Å². The lowest BCUT2D eigenvalue weighted by atomic mass is 10.1. The van der Waals surface area contributed by atoms with Crippen LogP contribution in [0.1, 0.15) is 21.5 Å². The van der Waals surface area contributed by atoms with Crippen LogP contribution in [-0.2, 0) is 6.54 Å². The fourth-order valence-corrected chi connectivity index (χ4v) is 2.54. The number of para-hydroxylation sites is 1. The molecule has 0 aliphatic carbocycles. The number of carbonyl (C=O) groups excluding carboxylic acids is 1. The van der Waals surface area contributed by atoms with Crippen molar-refractivity contribution in [2.45, 2.75) is 13.5 Å². The highest BCUT2D eigenvalue weighted by atomic mass is 79.9. The van der Waals surface area contributed by atoms with Gasteiger partial charge < -0.3 is 17.0 Å². The van der Waals surface area contributed by atoms with Gasteiger partial charge in [-0.2, -0.15) is 9.83 Å². The van der Waals surface area contributed by atoms with Gasteiger partial charge in [0.15, 0.2) is 6.20 Å². The van der Waals surface area contributed by atoms with Gasteiger partial charge in [0, 0.05) is 23.1 Å². The first kappa shape index (κ1) is 16.9. The summed E-state index contributed by atoms with van der Waals surface area (Å²) in [5.41, 5.74) is 3.42. The molecule has 1 aromatic heterocycles. The van der Waals surface area contributed by atoms with E-state index in [0.29, 0.717) is 11.1 Å². The smallest absolute Gasteiger partial charge is 0.227 e. The number of nitriles is 1. The zero-order valence-corrected chi connectivity index (χ0v) is 14.2. The molecule has 0 amide bonds. The van der Waals surface area contributed by atoms with Crippen LogP contribution in [0.3, 0.4) is 0 Å². The van der Waals surface area contributed by atoms with Gasteiger partial charge in [-0.15, -0.1) is 0 Å². The molecule has 0 unspecified atom stereocenters. The number of pyridine rings is 1. The molecule has 4 heteroatoms. The number of ketones is 1. The van der Waals surface area contributed by atoms with Gasteiger partial charge in [0.25, 0.3) is 0 Å². The minimum absolute atomic E-state index is 0. The van der Waals surface area contributed by atoms with Gasteiger partial charge in [0.1, 0.15) is 0 Å². The van der Waals surface area contributed by atoms with Crippen LogP contribution in [-0.4, -0.2) is 5.78 Å². The summed E-state index contributed by atoms with van der Waals surface area (Å²) < 4.78 is 1.96. The third kappa shape index (κ3) is 3.46. The monoisotopic (exact) mass is 366 g/mol. The van der Waals surface area contributed by atoms with E-state index in [2.05, 4.69) is 19.1 Å². The minimum atomic E-state index is 0. The number of fused-ring (bicyclic) bond motifs is 1. The quantitative estimate of drug-likeness (QED) is 0.490. The molecule has 0 aliphatic rings. The Bertz CT molecular complexity index is 895. The molecule has 0 aliphatic heterocycles. The van der Waals surface area contributed by atoms with Crippen LogP contribution in [0, 0.1) is 18.3 Å². The summed E-state index contributed by atoms with van der Waals surface area (Å²) in [6, 6.07) is 18.9. The predicted molar refractivity (Wildman–Crippen MR) is 84.4 cm³/mol. The molecule has 114 valence electrons. The summed E-state index contributed by atoms with van der Waals surface area (Å²) >= 11 is 0. The first-order chi connectivity index (χ1) is 10.7. The molecular weight excluding hydrogens is 352 g/mol. The Morgan fingerprint density at radius 3 is 2.48 bits per heavy atom. The summed E-state index contributed by atoms with van der Waals surface area (Å²) in [7, 11) is 0. The van der Waals surface area contributed by atoms with Gasteiger partial charge in [0.05, 0.1) is 11.6 Å². The van der Waals surface area contributed by atoms with Crippen molar-refractivity contribution in [1.82, 2.24) is 0 Å². The van der Waals surface area contributed by atoms with E-state index < -0.39 is 0 Å². The average Bonchev–Trinajstić information content (AvgIpc) is 2.57. The second kappa shape index (κ2) is 7.17. The van der Waals surface area contributed by atoms with E-state index in [0.717, 1.165) is 10.9 Å². The van der Waals surface area contributed by atoms with Crippen LogP contribution in [0.5, 0.6) is 0 Å². The fourth-order valence-electron chi connectivity index (χ4n) is 2.54. The van der Waals surface area contributed by atoms with Crippen LogP contribution in [0.25, 0.3) is 10.9 Å². The van der Waals surface area contributed by atoms with Crippen LogP contribution in [0.2, 0.25) is 0 Å². The lowest BCUT2D eigenvalue weighted by Crippen LogP contribution is -3.00. The zero-order chi connectivity index (χ0) is 15.5. The highest BCUT2D eigenvalue weighted by molar-refractivity contribution is 5.95. The fraction of sp³-hybridized carbons (Fsp3) is 0.105. The zero-order valence-electron chi connectivity index (χ0n) is 12.7. The van der Waals surface area contributed by atoms with E-state index in [-0.39, 0.29) is 29.3 Å². The van der Waals surface area contributed by atoms with Crippen molar-refractivity contribution in [3.8, 4) is 6.07 Å². The molecule has 0 spiro atoms. The lowest BCUT2D eigenvalue weighted by Gasteiger charge is -2.04. The normalized spacial score (nSPS) is 9.91. The molecule has 0 radical (unpaired) electrons. The standard InChI is InChI=1S/C19H15N2O.BrH/c1-14-10-11-21(18-5-3-2-4-17(14)18)13-19(22)16-8-6-15(12-20)7-9-16;/h2-11H,13H2,1H3;1H/q+1;/p-1. The highest BCUT2D eigenvalue weighted by Crippen LogP contribution is 2.14. The molecule has 2 aromatic carbocycles. The first-order valence-corrected chi connectivity index (χ1v) is 7.10. The molecule has 0 saturated carbocycles. The molecule has 3 rings (SSSR count). The lowest BCUT2D eigenvalue weighted by molar-refractivity contribution is -0.657. The van der Waals surface area contributed by atoms with Gasteiger partial charge >= 0.3 is 0 Å². The van der Waals surface area contributed by atoms with Crippen LogP contribution >= 0.6 is 0 Å². The minimum Gasteiger partial charge on any atom is -1.00 e. The number of nitrogens with zero attached hydrogens (tertiary/aromatic N) is 2.